The van der Waals surface area contributed by atoms with Gasteiger partial charge in [-0.1, -0.05) is 46.6 Å². The summed E-state index contributed by atoms with van der Waals surface area (Å²) in [5.74, 6) is -0.0858. The number of hydrogen-bond donors (Lipinski definition) is 1. The smallest absolute Gasteiger partial charge is 0.305 e. The number of Topliss-reactive ketones (excluding diaryl/α,β-unsaturated/α-hetero) is 1. The zero-order valence-corrected chi connectivity index (χ0v) is 15.0. The number of benzene rings is 1. The van der Waals surface area contributed by atoms with Crippen LogP contribution in [0.4, 0.5) is 0 Å². The molecule has 0 radical (unpaired) electrons. The molecule has 0 aliphatic carbocycles. The first kappa shape index (κ1) is 19.8. The Labute approximate surface area is 146 Å². The molecule has 0 spiro atoms. The second-order valence-corrected chi connectivity index (χ2v) is 6.03. The van der Waals surface area contributed by atoms with Crippen LogP contribution in [-0.2, 0) is 16.0 Å². The summed E-state index contributed by atoms with van der Waals surface area (Å²) < 4.78 is 5.17. The number of carbonyl (C=O) groups excluding carboxylic acids is 2. The fourth-order valence-electron chi connectivity index (χ4n) is 2.20. The monoisotopic (exact) mass is 384 g/mol. The van der Waals surface area contributed by atoms with Gasteiger partial charge in [-0.3, -0.25) is 9.59 Å². The van der Waals surface area contributed by atoms with Crippen LogP contribution in [0.15, 0.2) is 24.3 Å². The molecular weight excluding hydrogens is 360 g/mol. The molecule has 128 valence electrons. The topological polar surface area (TPSA) is 63.6 Å². The second-order valence-electron chi connectivity index (χ2n) is 5.47. The predicted molar refractivity (Wildman–Crippen MR) is 94.0 cm³/mol. The highest BCUT2D eigenvalue weighted by Crippen LogP contribution is 2.10. The van der Waals surface area contributed by atoms with Crippen LogP contribution in [0.25, 0.3) is 0 Å². The Morgan fingerprint density at radius 3 is 2.35 bits per heavy atom. The molecule has 5 heteroatoms. The predicted octanol–water partition coefficient (Wildman–Crippen LogP) is 3.68. The van der Waals surface area contributed by atoms with E-state index in [0.717, 1.165) is 44.1 Å². The van der Waals surface area contributed by atoms with Gasteiger partial charge in [0.2, 0.25) is 0 Å². The molecule has 0 atom stereocenters. The van der Waals surface area contributed by atoms with Crippen molar-refractivity contribution in [1.82, 2.24) is 0 Å². The number of aliphatic hydroxyl groups excluding tert-OH is 1. The van der Waals surface area contributed by atoms with Crippen LogP contribution in [0.5, 0.6) is 0 Å². The highest BCUT2D eigenvalue weighted by Gasteiger charge is 2.05. The van der Waals surface area contributed by atoms with Crippen molar-refractivity contribution in [2.75, 3.05) is 18.5 Å². The van der Waals surface area contributed by atoms with Gasteiger partial charge in [0.05, 0.1) is 11.9 Å². The fraction of sp³-hybridized carbons (Fsp3) is 0.556. The Kier molecular flexibility index (Phi) is 10.6. The number of halogens is 1. The third-order valence-corrected chi connectivity index (χ3v) is 4.07. The van der Waals surface area contributed by atoms with E-state index in [2.05, 4.69) is 15.9 Å². The van der Waals surface area contributed by atoms with E-state index in [-0.39, 0.29) is 18.4 Å². The maximum atomic E-state index is 11.6. The molecule has 0 unspecified atom stereocenters. The quantitative estimate of drug-likeness (QED) is 0.258. The second kappa shape index (κ2) is 12.3. The maximum absolute atomic E-state index is 11.6. The molecule has 1 aromatic carbocycles. The number of aryl methyl sites for hydroxylation is 1. The van der Waals surface area contributed by atoms with Crippen molar-refractivity contribution in [3.63, 3.8) is 0 Å². The SMILES string of the molecule is O=C(CCCc1ccc(C(=O)CBr)cc1)OCCCCCCO. The first-order chi connectivity index (χ1) is 11.2. The van der Waals surface area contributed by atoms with Gasteiger partial charge in [0.25, 0.3) is 0 Å². The zero-order chi connectivity index (χ0) is 16.9. The van der Waals surface area contributed by atoms with E-state index in [4.69, 9.17) is 9.84 Å². The largest absolute Gasteiger partial charge is 0.466 e. The molecule has 1 rings (SSSR count). The molecule has 1 aromatic rings. The summed E-state index contributed by atoms with van der Waals surface area (Å²) in [6, 6.07) is 7.51. The van der Waals surface area contributed by atoms with Crippen LogP contribution >= 0.6 is 15.9 Å². The summed E-state index contributed by atoms with van der Waals surface area (Å²) in [4.78, 5) is 23.1. The van der Waals surface area contributed by atoms with Gasteiger partial charge in [0.15, 0.2) is 5.78 Å². The van der Waals surface area contributed by atoms with Gasteiger partial charge in [-0.25, -0.2) is 0 Å². The minimum Gasteiger partial charge on any atom is -0.466 e. The standard InChI is InChI=1S/C18H25BrO4/c19-14-17(21)16-10-8-15(9-11-16)6-5-7-18(22)23-13-4-2-1-3-12-20/h8-11,20H,1-7,12-14H2. The number of aliphatic hydroxyl groups is 1. The van der Waals surface area contributed by atoms with Gasteiger partial charge in [-0.2, -0.15) is 0 Å². The van der Waals surface area contributed by atoms with E-state index in [1.54, 1.807) is 0 Å². The molecule has 0 amide bonds. The molecular formula is C18H25BrO4. The normalized spacial score (nSPS) is 10.5. The molecule has 0 aromatic heterocycles. The molecule has 0 aliphatic heterocycles. The highest BCUT2D eigenvalue weighted by molar-refractivity contribution is 9.09. The van der Waals surface area contributed by atoms with Crippen LogP contribution < -0.4 is 0 Å². The lowest BCUT2D eigenvalue weighted by Crippen LogP contribution is -2.06. The third kappa shape index (κ3) is 8.86. The van der Waals surface area contributed by atoms with Crippen molar-refractivity contribution in [2.45, 2.75) is 44.9 Å². The molecule has 0 heterocycles. The van der Waals surface area contributed by atoms with Gasteiger partial charge in [-0.15, -0.1) is 0 Å². The first-order valence-electron chi connectivity index (χ1n) is 8.12. The van der Waals surface area contributed by atoms with Gasteiger partial charge >= 0.3 is 5.97 Å². The first-order valence-corrected chi connectivity index (χ1v) is 9.24. The molecule has 1 N–H and O–H groups in total. The van der Waals surface area contributed by atoms with Crippen molar-refractivity contribution >= 4 is 27.7 Å². The van der Waals surface area contributed by atoms with Crippen LogP contribution in [0.2, 0.25) is 0 Å². The number of unbranched alkanes of at least 4 members (excludes halogenated alkanes) is 3. The summed E-state index contributed by atoms with van der Waals surface area (Å²) in [5, 5.41) is 8.98. The summed E-state index contributed by atoms with van der Waals surface area (Å²) in [7, 11) is 0. The number of carbonyl (C=O) groups is 2. The van der Waals surface area contributed by atoms with Crippen molar-refractivity contribution in [3.05, 3.63) is 35.4 Å². The van der Waals surface area contributed by atoms with Crippen LogP contribution in [-0.4, -0.2) is 35.4 Å². The van der Waals surface area contributed by atoms with Crippen LogP contribution in [0.3, 0.4) is 0 Å². The number of ketones is 1. The van der Waals surface area contributed by atoms with Crippen LogP contribution in [0, 0.1) is 0 Å². The van der Waals surface area contributed by atoms with E-state index >= 15 is 0 Å². The van der Waals surface area contributed by atoms with E-state index < -0.39 is 0 Å². The van der Waals surface area contributed by atoms with Crippen molar-refractivity contribution in [1.29, 1.82) is 0 Å². The van der Waals surface area contributed by atoms with E-state index in [9.17, 15) is 9.59 Å². The van der Waals surface area contributed by atoms with E-state index in [0.29, 0.717) is 23.9 Å². The summed E-state index contributed by atoms with van der Waals surface area (Å²) >= 11 is 3.15. The Morgan fingerprint density at radius 2 is 1.70 bits per heavy atom. The van der Waals surface area contributed by atoms with E-state index in [1.165, 1.54) is 0 Å². The molecule has 0 bridgehead atoms. The lowest BCUT2D eigenvalue weighted by Gasteiger charge is -2.05. The summed E-state index contributed by atoms with van der Waals surface area (Å²) in [6.45, 7) is 0.693. The average Bonchev–Trinajstić information content (AvgIpc) is 2.58. The Hall–Kier alpha value is -1.20. The van der Waals surface area contributed by atoms with Crippen molar-refractivity contribution in [3.8, 4) is 0 Å². The molecule has 23 heavy (non-hydrogen) atoms. The Morgan fingerprint density at radius 1 is 1.00 bits per heavy atom. The van der Waals surface area contributed by atoms with Gasteiger partial charge in [-0.05, 0) is 37.7 Å². The lowest BCUT2D eigenvalue weighted by molar-refractivity contribution is -0.143. The minimum atomic E-state index is -0.154. The van der Waals surface area contributed by atoms with Gasteiger partial charge in [0, 0.05) is 18.6 Å². The Bertz CT molecular complexity index is 470. The fourth-order valence-corrected chi connectivity index (χ4v) is 2.52. The van der Waals surface area contributed by atoms with E-state index in [1.807, 2.05) is 24.3 Å². The summed E-state index contributed by atoms with van der Waals surface area (Å²) in [5.41, 5.74) is 1.82. The summed E-state index contributed by atoms with van der Waals surface area (Å²) in [6.07, 6.45) is 5.58. The maximum Gasteiger partial charge on any atom is 0.305 e. The molecule has 0 fully saturated rings. The molecule has 0 aliphatic rings. The van der Waals surface area contributed by atoms with Gasteiger partial charge in [0.1, 0.15) is 0 Å². The zero-order valence-electron chi connectivity index (χ0n) is 13.4. The average molecular weight is 385 g/mol. The molecule has 4 nitrogen and oxygen atoms in total. The number of rotatable bonds is 12. The number of alkyl halides is 1. The molecule has 0 saturated carbocycles. The number of esters is 1. The van der Waals surface area contributed by atoms with Crippen molar-refractivity contribution < 1.29 is 19.4 Å². The minimum absolute atomic E-state index is 0.0686. The van der Waals surface area contributed by atoms with Gasteiger partial charge < -0.3 is 9.84 Å². The lowest BCUT2D eigenvalue weighted by atomic mass is 10.0. The number of ether oxygens (including phenoxy) is 1. The molecule has 0 saturated heterocycles. The highest BCUT2D eigenvalue weighted by atomic mass is 79.9. The van der Waals surface area contributed by atoms with Crippen molar-refractivity contribution in [2.24, 2.45) is 0 Å². The third-order valence-electron chi connectivity index (χ3n) is 3.56. The van der Waals surface area contributed by atoms with Crippen LogP contribution in [0.1, 0.15) is 54.4 Å². The number of hydrogen-bond acceptors (Lipinski definition) is 4. The Balaban J connectivity index is 2.13.